The van der Waals surface area contributed by atoms with Gasteiger partial charge in [-0.25, -0.2) is 4.98 Å². The molecule has 0 atom stereocenters. The highest BCUT2D eigenvalue weighted by molar-refractivity contribution is 6.21. The van der Waals surface area contributed by atoms with Crippen LogP contribution in [0.25, 0.3) is 44.2 Å². The van der Waals surface area contributed by atoms with E-state index < -0.39 is 0 Å². The summed E-state index contributed by atoms with van der Waals surface area (Å²) >= 11 is 0. The van der Waals surface area contributed by atoms with Crippen molar-refractivity contribution in [1.29, 1.82) is 0 Å². The van der Waals surface area contributed by atoms with Gasteiger partial charge in [-0.2, -0.15) is 0 Å². The SMILES string of the molecule is COc1ccc(-c2nc3c4cccnc4c4ncccc4c3[nH]2)c(OC)c1. The number of pyridine rings is 2. The minimum Gasteiger partial charge on any atom is -0.497 e. The van der Waals surface area contributed by atoms with Crippen LogP contribution in [0.4, 0.5) is 0 Å². The molecule has 0 aliphatic carbocycles. The van der Waals surface area contributed by atoms with Crippen LogP contribution in [0.3, 0.4) is 0 Å². The Labute approximate surface area is 154 Å². The third-order valence-corrected chi connectivity index (χ3v) is 4.73. The number of nitrogens with one attached hydrogen (secondary N) is 1. The normalized spacial score (nSPS) is 11.3. The Morgan fingerprint density at radius 3 is 2.30 bits per heavy atom. The quantitative estimate of drug-likeness (QED) is 0.487. The number of hydrogen-bond donors (Lipinski definition) is 1. The summed E-state index contributed by atoms with van der Waals surface area (Å²) in [6.45, 7) is 0. The predicted octanol–water partition coefficient (Wildman–Crippen LogP) is 4.34. The maximum Gasteiger partial charge on any atom is 0.142 e. The molecule has 0 spiro atoms. The molecule has 5 rings (SSSR count). The van der Waals surface area contributed by atoms with Gasteiger partial charge in [-0.1, -0.05) is 0 Å². The Morgan fingerprint density at radius 1 is 0.815 bits per heavy atom. The lowest BCUT2D eigenvalue weighted by atomic mass is 10.1. The Morgan fingerprint density at radius 2 is 1.56 bits per heavy atom. The average molecular weight is 356 g/mol. The van der Waals surface area contributed by atoms with Crippen molar-refractivity contribution in [3.8, 4) is 22.9 Å². The fourth-order valence-corrected chi connectivity index (χ4v) is 3.47. The number of ether oxygens (including phenoxy) is 2. The standard InChI is InChI=1S/C21H16N4O2/c1-26-12-7-8-13(16(11-12)27-2)21-24-19-14-5-3-9-22-17(14)18-15(20(19)25-21)6-4-10-23-18/h3-11H,1-2H3,(H,24,25). The number of aromatic amines is 1. The zero-order chi connectivity index (χ0) is 18.4. The summed E-state index contributed by atoms with van der Waals surface area (Å²) in [5, 5.41) is 1.96. The Balaban J connectivity index is 1.87. The molecule has 27 heavy (non-hydrogen) atoms. The predicted molar refractivity (Wildman–Crippen MR) is 105 cm³/mol. The zero-order valence-corrected chi connectivity index (χ0v) is 14.9. The van der Waals surface area contributed by atoms with E-state index in [0.717, 1.165) is 50.0 Å². The van der Waals surface area contributed by atoms with E-state index in [9.17, 15) is 0 Å². The molecule has 3 aromatic heterocycles. The van der Waals surface area contributed by atoms with E-state index in [0.29, 0.717) is 5.75 Å². The molecule has 2 aromatic carbocycles. The van der Waals surface area contributed by atoms with Gasteiger partial charge in [-0.15, -0.1) is 0 Å². The average Bonchev–Trinajstić information content (AvgIpc) is 3.19. The number of imidazole rings is 1. The molecule has 3 heterocycles. The highest BCUT2D eigenvalue weighted by Gasteiger charge is 2.17. The first-order chi connectivity index (χ1) is 13.3. The smallest absolute Gasteiger partial charge is 0.142 e. The lowest BCUT2D eigenvalue weighted by Gasteiger charge is -2.08. The lowest BCUT2D eigenvalue weighted by molar-refractivity contribution is 0.395. The molecule has 5 aromatic rings. The van der Waals surface area contributed by atoms with E-state index in [4.69, 9.17) is 14.5 Å². The Bertz CT molecular complexity index is 1240. The number of aromatic nitrogens is 4. The highest BCUT2D eigenvalue weighted by atomic mass is 16.5. The van der Waals surface area contributed by atoms with Crippen LogP contribution in [0.5, 0.6) is 11.5 Å². The molecule has 0 unspecified atom stereocenters. The topological polar surface area (TPSA) is 72.9 Å². The fraction of sp³-hybridized carbons (Fsp3) is 0.0952. The molecular weight excluding hydrogens is 340 g/mol. The molecule has 6 nitrogen and oxygen atoms in total. The fourth-order valence-electron chi connectivity index (χ4n) is 3.47. The van der Waals surface area contributed by atoms with E-state index in [1.165, 1.54) is 0 Å². The van der Waals surface area contributed by atoms with E-state index in [-0.39, 0.29) is 0 Å². The number of rotatable bonds is 3. The highest BCUT2D eigenvalue weighted by Crippen LogP contribution is 2.36. The van der Waals surface area contributed by atoms with Crippen molar-refractivity contribution in [3.63, 3.8) is 0 Å². The summed E-state index contributed by atoms with van der Waals surface area (Å²) < 4.78 is 10.8. The van der Waals surface area contributed by atoms with Crippen LogP contribution >= 0.6 is 0 Å². The number of benzene rings is 2. The minimum absolute atomic E-state index is 0.693. The summed E-state index contributed by atoms with van der Waals surface area (Å²) in [7, 11) is 3.27. The molecule has 0 aliphatic rings. The first kappa shape index (κ1) is 15.6. The van der Waals surface area contributed by atoms with Gasteiger partial charge in [0.2, 0.25) is 0 Å². The van der Waals surface area contributed by atoms with Crippen LogP contribution in [0.15, 0.2) is 54.9 Å². The summed E-state index contributed by atoms with van der Waals surface area (Å²) in [6, 6.07) is 13.6. The largest absolute Gasteiger partial charge is 0.497 e. The Hall–Kier alpha value is -3.67. The first-order valence-electron chi connectivity index (χ1n) is 8.53. The number of fused-ring (bicyclic) bond motifs is 6. The second kappa shape index (κ2) is 5.95. The van der Waals surface area contributed by atoms with Crippen LogP contribution in [0, 0.1) is 0 Å². The van der Waals surface area contributed by atoms with Crippen molar-refractivity contribution in [1.82, 2.24) is 19.9 Å². The molecule has 6 heteroatoms. The van der Waals surface area contributed by atoms with Crippen LogP contribution in [-0.4, -0.2) is 34.2 Å². The molecule has 132 valence electrons. The third kappa shape index (κ3) is 2.30. The van der Waals surface area contributed by atoms with Crippen molar-refractivity contribution >= 4 is 32.8 Å². The number of H-pyrrole nitrogens is 1. The maximum atomic E-state index is 5.55. The number of methoxy groups -OCH3 is 2. The van der Waals surface area contributed by atoms with E-state index in [1.54, 1.807) is 26.6 Å². The van der Waals surface area contributed by atoms with Gasteiger partial charge in [0.25, 0.3) is 0 Å². The van der Waals surface area contributed by atoms with E-state index in [1.807, 2.05) is 42.5 Å². The van der Waals surface area contributed by atoms with Gasteiger partial charge in [-0.3, -0.25) is 9.97 Å². The molecule has 0 bridgehead atoms. The van der Waals surface area contributed by atoms with Gasteiger partial charge in [0.1, 0.15) is 17.3 Å². The van der Waals surface area contributed by atoms with Crippen molar-refractivity contribution in [3.05, 3.63) is 54.9 Å². The van der Waals surface area contributed by atoms with Gasteiger partial charge in [0.15, 0.2) is 0 Å². The molecular formula is C21H16N4O2. The molecule has 0 saturated carbocycles. The van der Waals surface area contributed by atoms with Gasteiger partial charge in [0, 0.05) is 29.2 Å². The summed E-state index contributed by atoms with van der Waals surface area (Å²) in [6.07, 6.45) is 3.56. The van der Waals surface area contributed by atoms with Gasteiger partial charge < -0.3 is 14.5 Å². The maximum absolute atomic E-state index is 5.55. The number of nitrogens with zero attached hydrogens (tertiary/aromatic N) is 3. The van der Waals surface area contributed by atoms with Crippen molar-refractivity contribution in [2.45, 2.75) is 0 Å². The van der Waals surface area contributed by atoms with Gasteiger partial charge in [0.05, 0.1) is 41.8 Å². The molecule has 0 radical (unpaired) electrons. The number of hydrogen-bond acceptors (Lipinski definition) is 5. The molecule has 0 amide bonds. The van der Waals surface area contributed by atoms with Crippen LogP contribution in [0.1, 0.15) is 0 Å². The van der Waals surface area contributed by atoms with Gasteiger partial charge >= 0.3 is 0 Å². The van der Waals surface area contributed by atoms with Crippen molar-refractivity contribution < 1.29 is 9.47 Å². The second-order valence-electron chi connectivity index (χ2n) is 6.17. The van der Waals surface area contributed by atoms with E-state index >= 15 is 0 Å². The van der Waals surface area contributed by atoms with Crippen LogP contribution in [0.2, 0.25) is 0 Å². The van der Waals surface area contributed by atoms with Crippen molar-refractivity contribution in [2.75, 3.05) is 14.2 Å². The summed E-state index contributed by atoms with van der Waals surface area (Å²) in [5.74, 6) is 2.15. The van der Waals surface area contributed by atoms with Crippen LogP contribution in [-0.2, 0) is 0 Å². The van der Waals surface area contributed by atoms with Crippen molar-refractivity contribution in [2.24, 2.45) is 0 Å². The lowest BCUT2D eigenvalue weighted by Crippen LogP contribution is -1.91. The van der Waals surface area contributed by atoms with Crippen LogP contribution < -0.4 is 9.47 Å². The first-order valence-corrected chi connectivity index (χ1v) is 8.53. The molecule has 1 N–H and O–H groups in total. The second-order valence-corrected chi connectivity index (χ2v) is 6.17. The Kier molecular flexibility index (Phi) is 3.43. The zero-order valence-electron chi connectivity index (χ0n) is 14.9. The third-order valence-electron chi connectivity index (χ3n) is 4.73. The molecule has 0 aliphatic heterocycles. The molecule has 0 saturated heterocycles. The van der Waals surface area contributed by atoms with Gasteiger partial charge in [-0.05, 0) is 36.4 Å². The summed E-state index contributed by atoms with van der Waals surface area (Å²) in [4.78, 5) is 17.4. The minimum atomic E-state index is 0.693. The summed E-state index contributed by atoms with van der Waals surface area (Å²) in [5.41, 5.74) is 4.37. The monoisotopic (exact) mass is 356 g/mol. The van der Waals surface area contributed by atoms with E-state index in [2.05, 4.69) is 15.0 Å². The molecule has 0 fully saturated rings.